The number of hydrogen-bond donors (Lipinski definition) is 0. The van der Waals surface area contributed by atoms with Crippen LogP contribution in [0.25, 0.3) is 110 Å². The van der Waals surface area contributed by atoms with E-state index in [0.29, 0.717) is 17.5 Å². The Morgan fingerprint density at radius 2 is 0.625 bits per heavy atom. The van der Waals surface area contributed by atoms with Gasteiger partial charge in [0.1, 0.15) is 11.2 Å². The molecule has 0 aliphatic heterocycles. The topological polar surface area (TPSA) is 51.8 Å². The maximum atomic E-state index is 6.54. The van der Waals surface area contributed by atoms with E-state index < -0.39 is 0 Å². The van der Waals surface area contributed by atoms with Gasteiger partial charge in [-0.05, 0) is 69.8 Å². The van der Waals surface area contributed by atoms with Gasteiger partial charge in [-0.3, -0.25) is 0 Å². The summed E-state index contributed by atoms with van der Waals surface area (Å²) in [7, 11) is 0. The Hall–Kier alpha value is -7.21. The highest BCUT2D eigenvalue weighted by Gasteiger charge is 2.17. The first-order valence-electron chi connectivity index (χ1n) is 18.7. The van der Waals surface area contributed by atoms with Crippen LogP contribution in [0, 0.1) is 0 Å². The molecule has 0 aliphatic rings. The Bertz CT molecular complexity index is 3230. The molecule has 3 heterocycles. The molecule has 5 heteroatoms. The van der Waals surface area contributed by atoms with Crippen LogP contribution >= 0.6 is 11.3 Å². The SMILES string of the molecule is c1ccc(-c2ccc(-c3ccc4c(c3)oc3cc(-c5nc(-c6ccccc6)nc(-c6ccc7c(c6)sc6cc(-c8ccccc8)ccc67)n5)ccc34)cc2)cc1. The van der Waals surface area contributed by atoms with E-state index in [9.17, 15) is 0 Å². The van der Waals surface area contributed by atoms with Crippen LogP contribution in [0.4, 0.5) is 0 Å². The van der Waals surface area contributed by atoms with Gasteiger partial charge in [-0.25, -0.2) is 15.0 Å². The third kappa shape index (κ3) is 5.74. The lowest BCUT2D eigenvalue weighted by Crippen LogP contribution is -2.00. The van der Waals surface area contributed by atoms with Crippen molar-refractivity contribution < 1.29 is 4.42 Å². The van der Waals surface area contributed by atoms with Crippen molar-refractivity contribution in [3.8, 4) is 67.5 Å². The van der Waals surface area contributed by atoms with E-state index in [1.54, 1.807) is 11.3 Å². The molecule has 0 atom stereocenters. The minimum atomic E-state index is 0.597. The van der Waals surface area contributed by atoms with E-state index in [0.717, 1.165) is 49.8 Å². The fourth-order valence-corrected chi connectivity index (χ4v) is 8.84. The summed E-state index contributed by atoms with van der Waals surface area (Å²) in [4.78, 5) is 15.1. The van der Waals surface area contributed by atoms with Crippen molar-refractivity contribution in [2.24, 2.45) is 0 Å². The van der Waals surface area contributed by atoms with Gasteiger partial charge in [0.2, 0.25) is 0 Å². The first-order valence-corrected chi connectivity index (χ1v) is 19.5. The molecule has 0 bridgehead atoms. The first kappa shape index (κ1) is 32.2. The molecule has 0 saturated heterocycles. The lowest BCUT2D eigenvalue weighted by molar-refractivity contribution is 0.669. The van der Waals surface area contributed by atoms with Gasteiger partial charge >= 0.3 is 0 Å². The summed E-state index contributed by atoms with van der Waals surface area (Å²) in [6.07, 6.45) is 0. The molecular formula is C51H31N3OS. The Balaban J connectivity index is 0.974. The maximum absolute atomic E-state index is 6.54. The number of benzene rings is 8. The molecule has 0 radical (unpaired) electrons. The van der Waals surface area contributed by atoms with Crippen molar-refractivity contribution in [3.05, 3.63) is 188 Å². The number of thiophene rings is 1. The van der Waals surface area contributed by atoms with Crippen LogP contribution in [0.2, 0.25) is 0 Å². The third-order valence-corrected chi connectivity index (χ3v) is 11.7. The number of rotatable bonds is 6. The smallest absolute Gasteiger partial charge is 0.164 e. The second-order valence-corrected chi connectivity index (χ2v) is 15.1. The van der Waals surface area contributed by atoms with Gasteiger partial charge in [0, 0.05) is 47.6 Å². The second kappa shape index (κ2) is 13.3. The maximum Gasteiger partial charge on any atom is 0.164 e. The van der Waals surface area contributed by atoms with Crippen LogP contribution in [-0.4, -0.2) is 15.0 Å². The largest absolute Gasteiger partial charge is 0.456 e. The van der Waals surface area contributed by atoms with Crippen LogP contribution < -0.4 is 0 Å². The van der Waals surface area contributed by atoms with Gasteiger partial charge < -0.3 is 4.42 Å². The Morgan fingerprint density at radius 1 is 0.286 bits per heavy atom. The monoisotopic (exact) mass is 733 g/mol. The fourth-order valence-electron chi connectivity index (χ4n) is 7.66. The van der Waals surface area contributed by atoms with E-state index in [-0.39, 0.29) is 0 Å². The van der Waals surface area contributed by atoms with Gasteiger partial charge in [-0.15, -0.1) is 11.3 Å². The standard InChI is InChI=1S/C51H31N3OS/c1-4-10-32(11-5-1)34-16-18-35(19-17-34)37-20-24-41-42-25-22-39(29-46(42)55-45(41)28-37)50-52-49(36-14-8-3-9-15-36)53-51(54-50)40-23-27-44-43-26-21-38(33-12-6-2-7-13-33)30-47(43)56-48(44)31-40/h1-31H. The fraction of sp³-hybridized carbons (Fsp3) is 0. The number of hydrogen-bond acceptors (Lipinski definition) is 5. The first-order chi connectivity index (χ1) is 27.7. The minimum Gasteiger partial charge on any atom is -0.456 e. The summed E-state index contributed by atoms with van der Waals surface area (Å²) < 4.78 is 9.00. The zero-order chi connectivity index (χ0) is 37.0. The molecule has 0 spiro atoms. The van der Waals surface area contributed by atoms with Crippen molar-refractivity contribution in [1.29, 1.82) is 0 Å². The molecule has 0 saturated carbocycles. The predicted molar refractivity (Wildman–Crippen MR) is 233 cm³/mol. The van der Waals surface area contributed by atoms with Crippen LogP contribution in [0.5, 0.6) is 0 Å². The Morgan fingerprint density at radius 3 is 1.18 bits per heavy atom. The van der Waals surface area contributed by atoms with Gasteiger partial charge in [-0.1, -0.05) is 152 Å². The average Bonchev–Trinajstić information content (AvgIpc) is 3.84. The van der Waals surface area contributed by atoms with Gasteiger partial charge in [0.15, 0.2) is 17.5 Å². The molecule has 0 amide bonds. The highest BCUT2D eigenvalue weighted by atomic mass is 32.1. The number of furan rings is 1. The number of nitrogens with zero attached hydrogens (tertiary/aromatic N) is 3. The van der Waals surface area contributed by atoms with Crippen LogP contribution in [0.1, 0.15) is 0 Å². The highest BCUT2D eigenvalue weighted by molar-refractivity contribution is 7.25. The van der Waals surface area contributed by atoms with E-state index in [1.807, 2.05) is 36.4 Å². The summed E-state index contributed by atoms with van der Waals surface area (Å²) in [5, 5.41) is 4.61. The van der Waals surface area contributed by atoms with Crippen molar-refractivity contribution >= 4 is 53.4 Å². The minimum absolute atomic E-state index is 0.597. The summed E-state index contributed by atoms with van der Waals surface area (Å²) >= 11 is 1.80. The third-order valence-electron chi connectivity index (χ3n) is 10.6. The Labute approximate surface area is 327 Å². The summed E-state index contributed by atoms with van der Waals surface area (Å²) in [5.41, 5.74) is 11.5. The van der Waals surface area contributed by atoms with Crippen LogP contribution in [-0.2, 0) is 0 Å². The second-order valence-electron chi connectivity index (χ2n) is 14.0. The molecule has 11 rings (SSSR count). The number of fused-ring (bicyclic) bond motifs is 6. The molecule has 0 unspecified atom stereocenters. The summed E-state index contributed by atoms with van der Waals surface area (Å²) in [6.45, 7) is 0. The molecule has 0 fully saturated rings. The van der Waals surface area contributed by atoms with Crippen molar-refractivity contribution in [2.45, 2.75) is 0 Å². The molecule has 11 aromatic rings. The predicted octanol–water partition coefficient (Wildman–Crippen LogP) is 14.1. The molecule has 262 valence electrons. The zero-order valence-corrected chi connectivity index (χ0v) is 30.9. The molecule has 3 aromatic heterocycles. The highest BCUT2D eigenvalue weighted by Crippen LogP contribution is 2.39. The molecule has 0 N–H and O–H groups in total. The van der Waals surface area contributed by atoms with E-state index >= 15 is 0 Å². The lowest BCUT2D eigenvalue weighted by Gasteiger charge is -2.08. The van der Waals surface area contributed by atoms with E-state index in [1.165, 1.54) is 42.4 Å². The normalized spacial score (nSPS) is 11.6. The average molecular weight is 734 g/mol. The quantitative estimate of drug-likeness (QED) is 0.171. The number of aromatic nitrogens is 3. The van der Waals surface area contributed by atoms with Crippen molar-refractivity contribution in [2.75, 3.05) is 0 Å². The molecular weight excluding hydrogens is 703 g/mol. The van der Waals surface area contributed by atoms with Crippen LogP contribution in [0.15, 0.2) is 192 Å². The molecule has 4 nitrogen and oxygen atoms in total. The van der Waals surface area contributed by atoms with Gasteiger partial charge in [-0.2, -0.15) is 0 Å². The van der Waals surface area contributed by atoms with Gasteiger partial charge in [0.05, 0.1) is 0 Å². The zero-order valence-electron chi connectivity index (χ0n) is 30.1. The summed E-state index contributed by atoms with van der Waals surface area (Å²) in [5.74, 6) is 1.85. The summed E-state index contributed by atoms with van der Waals surface area (Å²) in [6, 6.07) is 65.8. The van der Waals surface area contributed by atoms with E-state index in [4.69, 9.17) is 19.4 Å². The van der Waals surface area contributed by atoms with Crippen molar-refractivity contribution in [1.82, 2.24) is 15.0 Å². The Kier molecular flexibility index (Phi) is 7.64. The van der Waals surface area contributed by atoms with Crippen molar-refractivity contribution in [3.63, 3.8) is 0 Å². The lowest BCUT2D eigenvalue weighted by atomic mass is 9.99. The molecule has 8 aromatic carbocycles. The van der Waals surface area contributed by atoms with Gasteiger partial charge in [0.25, 0.3) is 0 Å². The van der Waals surface area contributed by atoms with Crippen LogP contribution in [0.3, 0.4) is 0 Å². The van der Waals surface area contributed by atoms with E-state index in [2.05, 4.69) is 152 Å². The molecule has 0 aliphatic carbocycles. The molecule has 56 heavy (non-hydrogen) atoms.